The smallest absolute Gasteiger partial charge is 0.253 e. The number of aliphatic hydroxyl groups is 1. The van der Waals surface area contributed by atoms with Crippen molar-refractivity contribution in [1.82, 2.24) is 5.32 Å². The molecule has 4 nitrogen and oxygen atoms in total. The molecule has 0 fully saturated rings. The van der Waals surface area contributed by atoms with Crippen molar-refractivity contribution in [2.24, 2.45) is 0 Å². The predicted molar refractivity (Wildman–Crippen MR) is 64.5 cm³/mol. The number of anilines is 1. The molecule has 1 aromatic rings. The molecular weight excluding hydrogens is 228 g/mol. The second-order valence-corrected chi connectivity index (χ2v) is 3.91. The van der Waals surface area contributed by atoms with Crippen LogP contribution in [0, 0.1) is 0 Å². The molecule has 0 radical (unpaired) electrons. The Hall–Kier alpha value is -1.26. The van der Waals surface area contributed by atoms with E-state index in [0.29, 0.717) is 22.7 Å². The largest absolute Gasteiger partial charge is 0.399 e. The molecule has 1 amide bonds. The first kappa shape index (κ1) is 12.8. The summed E-state index contributed by atoms with van der Waals surface area (Å²) >= 11 is 5.88. The van der Waals surface area contributed by atoms with Crippen molar-refractivity contribution in [3.63, 3.8) is 0 Å². The topological polar surface area (TPSA) is 75.3 Å². The summed E-state index contributed by atoms with van der Waals surface area (Å²) in [4.78, 5) is 11.8. The van der Waals surface area contributed by atoms with Gasteiger partial charge in [0.2, 0.25) is 0 Å². The van der Waals surface area contributed by atoms with E-state index in [0.717, 1.165) is 0 Å². The van der Waals surface area contributed by atoms with Crippen molar-refractivity contribution in [3.8, 4) is 0 Å². The van der Waals surface area contributed by atoms with Crippen molar-refractivity contribution in [2.75, 3.05) is 12.3 Å². The van der Waals surface area contributed by atoms with Crippen LogP contribution in [-0.2, 0) is 0 Å². The molecule has 0 spiro atoms. The van der Waals surface area contributed by atoms with Gasteiger partial charge < -0.3 is 16.2 Å². The van der Waals surface area contributed by atoms with Crippen LogP contribution in [0.15, 0.2) is 18.2 Å². The minimum Gasteiger partial charge on any atom is -0.399 e. The van der Waals surface area contributed by atoms with E-state index in [9.17, 15) is 4.79 Å². The Morgan fingerprint density at radius 2 is 2.31 bits per heavy atom. The summed E-state index contributed by atoms with van der Waals surface area (Å²) in [5.74, 6) is -0.321. The van der Waals surface area contributed by atoms with Crippen LogP contribution in [0.3, 0.4) is 0 Å². The maximum absolute atomic E-state index is 11.8. The average molecular weight is 243 g/mol. The Labute approximate surface area is 99.4 Å². The van der Waals surface area contributed by atoms with Gasteiger partial charge in [-0.05, 0) is 24.6 Å². The molecule has 0 saturated heterocycles. The van der Waals surface area contributed by atoms with Gasteiger partial charge in [0.1, 0.15) is 0 Å². The van der Waals surface area contributed by atoms with Crippen LogP contribution in [0.4, 0.5) is 5.69 Å². The lowest BCUT2D eigenvalue weighted by Crippen LogP contribution is -2.37. The summed E-state index contributed by atoms with van der Waals surface area (Å²) in [6, 6.07) is 4.46. The number of carbonyl (C=O) groups excluding carboxylic acids is 1. The highest BCUT2D eigenvalue weighted by atomic mass is 35.5. The van der Waals surface area contributed by atoms with Crippen molar-refractivity contribution in [2.45, 2.75) is 19.4 Å². The highest BCUT2D eigenvalue weighted by Crippen LogP contribution is 2.18. The van der Waals surface area contributed by atoms with Crippen LogP contribution in [-0.4, -0.2) is 23.7 Å². The second kappa shape index (κ2) is 5.72. The zero-order chi connectivity index (χ0) is 12.1. The first-order valence-electron chi connectivity index (χ1n) is 5.05. The minimum absolute atomic E-state index is 0.0951. The molecule has 0 aliphatic heterocycles. The number of hydrogen-bond acceptors (Lipinski definition) is 3. The molecule has 1 rings (SSSR count). The molecule has 0 aliphatic carbocycles. The summed E-state index contributed by atoms with van der Waals surface area (Å²) < 4.78 is 0. The van der Waals surface area contributed by atoms with Crippen molar-refractivity contribution < 1.29 is 9.90 Å². The zero-order valence-corrected chi connectivity index (χ0v) is 9.79. The Morgan fingerprint density at radius 1 is 1.62 bits per heavy atom. The molecule has 0 aliphatic rings. The van der Waals surface area contributed by atoms with Gasteiger partial charge in [-0.2, -0.15) is 0 Å². The van der Waals surface area contributed by atoms with E-state index in [4.69, 9.17) is 22.4 Å². The highest BCUT2D eigenvalue weighted by molar-refractivity contribution is 6.34. The number of hydrogen-bond donors (Lipinski definition) is 3. The van der Waals surface area contributed by atoms with E-state index in [1.165, 1.54) is 6.07 Å². The molecule has 0 aromatic heterocycles. The van der Waals surface area contributed by atoms with Gasteiger partial charge in [0.15, 0.2) is 0 Å². The normalized spacial score (nSPS) is 12.2. The number of nitrogens with two attached hydrogens (primary N) is 1. The standard InChI is InChI=1S/C11H15ClN2O2/c1-2-8(6-15)14-11(16)9-5-7(13)3-4-10(9)12/h3-5,8,15H,2,6,13H2,1H3,(H,14,16)/t8-/m0/s1. The number of amides is 1. The van der Waals surface area contributed by atoms with Crippen LogP contribution in [0.1, 0.15) is 23.7 Å². The molecule has 4 N–H and O–H groups in total. The lowest BCUT2D eigenvalue weighted by molar-refractivity contribution is 0.0915. The summed E-state index contributed by atoms with van der Waals surface area (Å²) in [5, 5.41) is 12.0. The molecule has 16 heavy (non-hydrogen) atoms. The van der Waals surface area contributed by atoms with Gasteiger partial charge in [-0.15, -0.1) is 0 Å². The van der Waals surface area contributed by atoms with Gasteiger partial charge in [-0.3, -0.25) is 4.79 Å². The molecule has 5 heteroatoms. The van der Waals surface area contributed by atoms with E-state index in [1.807, 2.05) is 6.92 Å². The maximum Gasteiger partial charge on any atom is 0.253 e. The first-order chi connectivity index (χ1) is 7.58. The molecule has 0 heterocycles. The number of nitrogen functional groups attached to an aromatic ring is 1. The fourth-order valence-electron chi connectivity index (χ4n) is 1.26. The third kappa shape index (κ3) is 3.12. The number of carbonyl (C=O) groups is 1. The van der Waals surface area contributed by atoms with Crippen LogP contribution < -0.4 is 11.1 Å². The second-order valence-electron chi connectivity index (χ2n) is 3.50. The monoisotopic (exact) mass is 242 g/mol. The number of nitrogens with one attached hydrogen (secondary N) is 1. The van der Waals surface area contributed by atoms with Gasteiger partial charge in [-0.25, -0.2) is 0 Å². The number of aliphatic hydroxyl groups excluding tert-OH is 1. The molecule has 0 saturated carbocycles. The summed E-state index contributed by atoms with van der Waals surface area (Å²) in [5.41, 5.74) is 6.38. The Balaban J connectivity index is 2.83. The molecular formula is C11H15ClN2O2. The van der Waals surface area contributed by atoms with Gasteiger partial charge in [0, 0.05) is 5.69 Å². The molecule has 88 valence electrons. The quantitative estimate of drug-likeness (QED) is 0.699. The zero-order valence-electron chi connectivity index (χ0n) is 9.03. The molecule has 0 bridgehead atoms. The highest BCUT2D eigenvalue weighted by Gasteiger charge is 2.14. The number of halogens is 1. The van der Waals surface area contributed by atoms with Gasteiger partial charge in [-0.1, -0.05) is 18.5 Å². The lowest BCUT2D eigenvalue weighted by Gasteiger charge is -2.14. The lowest BCUT2D eigenvalue weighted by atomic mass is 10.1. The van der Waals surface area contributed by atoms with Crippen molar-refractivity contribution >= 4 is 23.2 Å². The van der Waals surface area contributed by atoms with Crippen molar-refractivity contribution in [1.29, 1.82) is 0 Å². The van der Waals surface area contributed by atoms with Gasteiger partial charge in [0.25, 0.3) is 5.91 Å². The van der Waals surface area contributed by atoms with Crippen LogP contribution in [0.5, 0.6) is 0 Å². The Kier molecular flexibility index (Phi) is 4.58. The van der Waals surface area contributed by atoms with E-state index < -0.39 is 0 Å². The van der Waals surface area contributed by atoms with E-state index in [1.54, 1.807) is 12.1 Å². The molecule has 1 atom stereocenters. The summed E-state index contributed by atoms with van der Waals surface area (Å²) in [7, 11) is 0. The predicted octanol–water partition coefficient (Wildman–Crippen LogP) is 1.42. The molecule has 0 unspecified atom stereocenters. The van der Waals surface area contributed by atoms with E-state index in [2.05, 4.69) is 5.32 Å². The minimum atomic E-state index is -0.321. The third-order valence-electron chi connectivity index (χ3n) is 2.28. The summed E-state index contributed by atoms with van der Waals surface area (Å²) in [6.07, 6.45) is 0.655. The SMILES string of the molecule is CC[C@@H](CO)NC(=O)c1cc(N)ccc1Cl. The maximum atomic E-state index is 11.8. The average Bonchev–Trinajstić information content (AvgIpc) is 2.28. The Bertz CT molecular complexity index is 378. The third-order valence-corrected chi connectivity index (χ3v) is 2.61. The van der Waals surface area contributed by atoms with E-state index >= 15 is 0 Å². The number of rotatable bonds is 4. The fraction of sp³-hybridized carbons (Fsp3) is 0.364. The van der Waals surface area contributed by atoms with Gasteiger partial charge >= 0.3 is 0 Å². The van der Waals surface area contributed by atoms with Crippen molar-refractivity contribution in [3.05, 3.63) is 28.8 Å². The van der Waals surface area contributed by atoms with E-state index in [-0.39, 0.29) is 18.6 Å². The van der Waals surface area contributed by atoms with Crippen LogP contribution in [0.25, 0.3) is 0 Å². The first-order valence-corrected chi connectivity index (χ1v) is 5.43. The Morgan fingerprint density at radius 3 is 2.88 bits per heavy atom. The van der Waals surface area contributed by atoms with Crippen LogP contribution >= 0.6 is 11.6 Å². The number of benzene rings is 1. The fourth-order valence-corrected chi connectivity index (χ4v) is 1.46. The summed E-state index contributed by atoms with van der Waals surface area (Å²) in [6.45, 7) is 1.78. The van der Waals surface area contributed by atoms with Crippen LogP contribution in [0.2, 0.25) is 5.02 Å². The molecule has 1 aromatic carbocycles. The van der Waals surface area contributed by atoms with Gasteiger partial charge in [0.05, 0.1) is 23.2 Å².